The smallest absolute Gasteiger partial charge is 0.00595 e. The van der Waals surface area contributed by atoms with Gasteiger partial charge in [0, 0.05) is 29.1 Å². The van der Waals surface area contributed by atoms with Crippen molar-refractivity contribution in [3.05, 3.63) is 11.5 Å². The largest absolute Gasteiger partial charge is 1.00 e. The SMILES string of the molecule is C[Si](C)(C[NH-])C[NH-].[Cl-].[Cl-].[Pt]. The van der Waals surface area contributed by atoms with Gasteiger partial charge in [0.25, 0.3) is 0 Å². The van der Waals surface area contributed by atoms with Crippen LogP contribution in [-0.4, -0.2) is 20.4 Å². The van der Waals surface area contributed by atoms with E-state index in [4.69, 9.17) is 11.5 Å². The summed E-state index contributed by atoms with van der Waals surface area (Å²) < 4.78 is 0. The quantitative estimate of drug-likeness (QED) is 0.436. The Balaban J connectivity index is -0.0000000600. The molecule has 2 nitrogen and oxygen atoms in total. The molecule has 6 heteroatoms. The Morgan fingerprint density at radius 1 is 1.00 bits per heavy atom. The van der Waals surface area contributed by atoms with Gasteiger partial charge in [-0.2, -0.15) is 12.3 Å². The standard InChI is InChI=1S/C4H12N2Si.2ClH.Pt/c1-7(2,3-5)4-6;;;/h5-6H,3-4H2,1-2H3;2*1H;/q-2;;;/p-2. The van der Waals surface area contributed by atoms with E-state index in [9.17, 15) is 0 Å². The van der Waals surface area contributed by atoms with E-state index >= 15 is 0 Å². The molecule has 0 aromatic rings. The second-order valence-corrected chi connectivity index (χ2v) is 7.55. The maximum Gasteiger partial charge on any atom is 0.00595 e. The first-order valence-corrected chi connectivity index (χ1v) is 5.83. The molecule has 0 aliphatic heterocycles. The summed E-state index contributed by atoms with van der Waals surface area (Å²) in [6.07, 6.45) is 0.993. The molecular formula is C4H12Cl2N2PtSi-4. The molecule has 0 aliphatic rings. The third-order valence-electron chi connectivity index (χ3n) is 0.957. The van der Waals surface area contributed by atoms with Gasteiger partial charge in [-0.05, 0) is 0 Å². The van der Waals surface area contributed by atoms with Crippen molar-refractivity contribution in [1.29, 1.82) is 0 Å². The van der Waals surface area contributed by atoms with Crippen LogP contribution in [0.2, 0.25) is 13.1 Å². The molecular weight excluding hydrogens is 370 g/mol. The monoisotopic (exact) mass is 381 g/mol. The molecule has 0 heterocycles. The van der Waals surface area contributed by atoms with Crippen LogP contribution in [0.15, 0.2) is 0 Å². The van der Waals surface area contributed by atoms with Crippen LogP contribution in [0, 0.1) is 0 Å². The summed E-state index contributed by atoms with van der Waals surface area (Å²) in [7, 11) is -1.32. The minimum absolute atomic E-state index is 0. The number of hydrogen-bond acceptors (Lipinski definition) is 0. The maximum absolute atomic E-state index is 6.95. The summed E-state index contributed by atoms with van der Waals surface area (Å²) in [5.41, 5.74) is 13.9. The molecule has 2 N–H and O–H groups in total. The van der Waals surface area contributed by atoms with Crippen LogP contribution < -0.4 is 24.8 Å². The number of rotatable bonds is 2. The van der Waals surface area contributed by atoms with Crippen molar-refractivity contribution in [1.82, 2.24) is 0 Å². The Labute approximate surface area is 90.6 Å². The minimum atomic E-state index is -1.32. The summed E-state index contributed by atoms with van der Waals surface area (Å²) in [6, 6.07) is 0. The Kier molecular flexibility index (Phi) is 23.4. The fourth-order valence-corrected chi connectivity index (χ4v) is 0.187. The second kappa shape index (κ2) is 10.4. The van der Waals surface area contributed by atoms with Crippen LogP contribution >= 0.6 is 0 Å². The molecule has 0 aromatic carbocycles. The van der Waals surface area contributed by atoms with Crippen molar-refractivity contribution in [2.24, 2.45) is 0 Å². The molecule has 0 aromatic heterocycles. The van der Waals surface area contributed by atoms with Gasteiger partial charge in [-0.1, -0.05) is 13.1 Å². The molecule has 0 spiro atoms. The van der Waals surface area contributed by atoms with Crippen LogP contribution in [-0.2, 0) is 21.1 Å². The topological polar surface area (TPSA) is 47.6 Å². The van der Waals surface area contributed by atoms with Crippen LogP contribution in [0.25, 0.3) is 11.5 Å². The molecule has 0 amide bonds. The summed E-state index contributed by atoms with van der Waals surface area (Å²) in [4.78, 5) is 0. The second-order valence-electron chi connectivity index (χ2n) is 2.52. The van der Waals surface area contributed by atoms with E-state index in [1.165, 1.54) is 0 Å². The first kappa shape index (κ1) is 22.5. The summed E-state index contributed by atoms with van der Waals surface area (Å²) >= 11 is 0. The van der Waals surface area contributed by atoms with E-state index in [-0.39, 0.29) is 45.9 Å². The van der Waals surface area contributed by atoms with Gasteiger partial charge in [0.1, 0.15) is 0 Å². The van der Waals surface area contributed by atoms with Gasteiger partial charge in [-0.3, -0.25) is 0 Å². The molecule has 0 rings (SSSR count). The number of halogens is 2. The van der Waals surface area contributed by atoms with Gasteiger partial charge in [0.05, 0.1) is 0 Å². The number of nitrogens with one attached hydrogen (secondary N) is 2. The van der Waals surface area contributed by atoms with Crippen LogP contribution in [0.5, 0.6) is 0 Å². The number of hydrogen-bond donors (Lipinski definition) is 0. The molecule has 0 fully saturated rings. The Morgan fingerprint density at radius 3 is 1.20 bits per heavy atom. The van der Waals surface area contributed by atoms with E-state index in [1.54, 1.807) is 0 Å². The molecule has 0 aliphatic carbocycles. The third-order valence-corrected chi connectivity index (χ3v) is 2.87. The molecule has 0 bridgehead atoms. The normalized spacial score (nSPS) is 8.40. The molecule has 0 saturated carbocycles. The van der Waals surface area contributed by atoms with Crippen molar-refractivity contribution >= 4 is 8.07 Å². The third kappa shape index (κ3) is 12.1. The van der Waals surface area contributed by atoms with Crippen molar-refractivity contribution in [2.45, 2.75) is 13.1 Å². The zero-order chi connectivity index (χ0) is 5.91. The maximum atomic E-state index is 6.95. The van der Waals surface area contributed by atoms with Crippen LogP contribution in [0.1, 0.15) is 0 Å². The van der Waals surface area contributed by atoms with Crippen LogP contribution in [0.4, 0.5) is 0 Å². The van der Waals surface area contributed by atoms with Gasteiger partial charge >= 0.3 is 0 Å². The Bertz CT molecular complexity index is 59.2. The minimum Gasteiger partial charge on any atom is -1.00 e. The Hall–Kier alpha value is 1.41. The zero-order valence-electron chi connectivity index (χ0n) is 5.99. The molecule has 0 radical (unpaired) electrons. The van der Waals surface area contributed by atoms with Crippen molar-refractivity contribution in [2.75, 3.05) is 12.3 Å². The Morgan fingerprint density at radius 2 is 1.20 bits per heavy atom. The zero-order valence-corrected chi connectivity index (χ0v) is 10.8. The van der Waals surface area contributed by atoms with E-state index in [0.717, 1.165) is 0 Å². The van der Waals surface area contributed by atoms with E-state index < -0.39 is 8.07 Å². The van der Waals surface area contributed by atoms with Gasteiger partial charge in [-0.25, -0.2) is 0 Å². The molecule has 0 unspecified atom stereocenters. The van der Waals surface area contributed by atoms with Crippen molar-refractivity contribution < 1.29 is 45.9 Å². The van der Waals surface area contributed by atoms with Crippen LogP contribution in [0.3, 0.4) is 0 Å². The van der Waals surface area contributed by atoms with Gasteiger partial charge < -0.3 is 36.3 Å². The van der Waals surface area contributed by atoms with E-state index in [1.807, 2.05) is 0 Å². The van der Waals surface area contributed by atoms with Gasteiger partial charge in [0.15, 0.2) is 0 Å². The van der Waals surface area contributed by atoms with E-state index in [0.29, 0.717) is 12.3 Å². The van der Waals surface area contributed by atoms with Gasteiger partial charge in [0.2, 0.25) is 0 Å². The predicted molar refractivity (Wildman–Crippen MR) is 35.9 cm³/mol. The molecule has 70 valence electrons. The fourth-order valence-electron chi connectivity index (χ4n) is 0.0625. The average Bonchev–Trinajstić information content (AvgIpc) is 1.68. The van der Waals surface area contributed by atoms with Crippen molar-refractivity contribution in [3.63, 3.8) is 0 Å². The first-order valence-electron chi connectivity index (χ1n) is 2.41. The fraction of sp³-hybridized carbons (Fsp3) is 1.00. The summed E-state index contributed by atoms with van der Waals surface area (Å²) in [5, 5.41) is 0. The summed E-state index contributed by atoms with van der Waals surface area (Å²) in [6.45, 7) is 4.12. The average molecular weight is 382 g/mol. The van der Waals surface area contributed by atoms with Crippen molar-refractivity contribution in [3.8, 4) is 0 Å². The van der Waals surface area contributed by atoms with Gasteiger partial charge in [-0.15, -0.1) is 0 Å². The molecule has 0 saturated heterocycles. The predicted octanol–water partition coefficient (Wildman–Crippen LogP) is -4.12. The molecule has 0 atom stereocenters. The molecule has 10 heavy (non-hydrogen) atoms. The van der Waals surface area contributed by atoms with E-state index in [2.05, 4.69) is 13.1 Å². The summed E-state index contributed by atoms with van der Waals surface area (Å²) in [5.74, 6) is 0. The first-order chi connectivity index (χ1) is 3.12.